The van der Waals surface area contributed by atoms with Gasteiger partial charge in [-0.2, -0.15) is 0 Å². The van der Waals surface area contributed by atoms with Gasteiger partial charge in [-0.15, -0.1) is 0 Å². The lowest BCUT2D eigenvalue weighted by Crippen LogP contribution is -2.34. The zero-order valence-corrected chi connectivity index (χ0v) is 16.8. The van der Waals surface area contributed by atoms with E-state index in [0.717, 1.165) is 11.4 Å². The molecule has 1 fully saturated rings. The van der Waals surface area contributed by atoms with E-state index in [0.29, 0.717) is 35.3 Å². The van der Waals surface area contributed by atoms with Gasteiger partial charge < -0.3 is 19.7 Å². The van der Waals surface area contributed by atoms with Gasteiger partial charge in [0.15, 0.2) is 6.61 Å². The van der Waals surface area contributed by atoms with Crippen LogP contribution in [0, 0.1) is 5.92 Å². The second-order valence-electron chi connectivity index (χ2n) is 6.44. The van der Waals surface area contributed by atoms with Crippen LogP contribution in [-0.4, -0.2) is 38.6 Å². The van der Waals surface area contributed by atoms with E-state index in [4.69, 9.17) is 32.7 Å². The third kappa shape index (κ3) is 5.09. The van der Waals surface area contributed by atoms with Crippen LogP contribution in [0.15, 0.2) is 42.5 Å². The molecule has 1 aliphatic rings. The lowest BCUT2D eigenvalue weighted by Gasteiger charge is -2.17. The van der Waals surface area contributed by atoms with Crippen LogP contribution >= 0.6 is 23.2 Å². The maximum atomic E-state index is 12.3. The van der Waals surface area contributed by atoms with E-state index < -0.39 is 0 Å². The Kier molecular flexibility index (Phi) is 6.65. The molecule has 1 saturated heterocycles. The number of nitrogens with one attached hydrogen (secondary N) is 1. The fourth-order valence-corrected chi connectivity index (χ4v) is 3.44. The van der Waals surface area contributed by atoms with Crippen molar-refractivity contribution in [2.24, 2.45) is 5.92 Å². The van der Waals surface area contributed by atoms with E-state index in [1.807, 2.05) is 24.3 Å². The summed E-state index contributed by atoms with van der Waals surface area (Å²) in [7, 11) is 1.60. The molecule has 1 atom stereocenters. The standard InChI is InChI=1S/C20H20Cl2N2O4/c1-27-16-5-3-15(4-6-16)24-11-13(8-20(24)26)10-23-19(25)12-28-18-7-2-14(21)9-17(18)22/h2-7,9,13H,8,10-12H2,1H3,(H,23,25). The van der Waals surface area contributed by atoms with Crippen molar-refractivity contribution in [3.8, 4) is 11.5 Å². The highest BCUT2D eigenvalue weighted by Gasteiger charge is 2.30. The first-order valence-electron chi connectivity index (χ1n) is 8.75. The first-order chi connectivity index (χ1) is 13.5. The van der Waals surface area contributed by atoms with Crippen molar-refractivity contribution in [2.75, 3.05) is 31.7 Å². The molecule has 3 rings (SSSR count). The van der Waals surface area contributed by atoms with Crippen molar-refractivity contribution in [1.29, 1.82) is 0 Å². The van der Waals surface area contributed by atoms with Crippen LogP contribution in [0.3, 0.4) is 0 Å². The Labute approximate surface area is 173 Å². The average molecular weight is 423 g/mol. The normalized spacial score (nSPS) is 16.2. The summed E-state index contributed by atoms with van der Waals surface area (Å²) in [5.41, 5.74) is 0.820. The zero-order chi connectivity index (χ0) is 20.1. The molecule has 2 amide bonds. The van der Waals surface area contributed by atoms with Crippen LogP contribution in [0.5, 0.6) is 11.5 Å². The summed E-state index contributed by atoms with van der Waals surface area (Å²) in [6, 6.07) is 12.1. The lowest BCUT2D eigenvalue weighted by atomic mass is 10.1. The minimum atomic E-state index is -0.277. The maximum absolute atomic E-state index is 12.3. The summed E-state index contributed by atoms with van der Waals surface area (Å²) in [6.07, 6.45) is 0.385. The Morgan fingerprint density at radius 1 is 1.21 bits per heavy atom. The third-order valence-corrected chi connectivity index (χ3v) is 4.96. The number of halogens is 2. The van der Waals surface area contributed by atoms with Crippen molar-refractivity contribution < 1.29 is 19.1 Å². The zero-order valence-electron chi connectivity index (χ0n) is 15.3. The predicted octanol–water partition coefficient (Wildman–Crippen LogP) is 3.55. The molecule has 1 N–H and O–H groups in total. The molecule has 0 spiro atoms. The Balaban J connectivity index is 1.46. The number of anilines is 1. The largest absolute Gasteiger partial charge is 0.497 e. The van der Waals surface area contributed by atoms with E-state index in [-0.39, 0.29) is 24.3 Å². The summed E-state index contributed by atoms with van der Waals surface area (Å²) in [5.74, 6) is 0.926. The Hall–Kier alpha value is -2.44. The Bertz CT molecular complexity index is 858. The van der Waals surface area contributed by atoms with E-state index in [1.165, 1.54) is 0 Å². The van der Waals surface area contributed by atoms with Gasteiger partial charge in [-0.1, -0.05) is 23.2 Å². The fourth-order valence-electron chi connectivity index (χ4n) is 2.97. The van der Waals surface area contributed by atoms with Crippen LogP contribution in [0.25, 0.3) is 0 Å². The number of hydrogen-bond donors (Lipinski definition) is 1. The Morgan fingerprint density at radius 3 is 2.64 bits per heavy atom. The number of nitrogens with zero attached hydrogens (tertiary/aromatic N) is 1. The molecule has 6 nitrogen and oxygen atoms in total. The maximum Gasteiger partial charge on any atom is 0.257 e. The number of hydrogen-bond acceptors (Lipinski definition) is 4. The highest BCUT2D eigenvalue weighted by molar-refractivity contribution is 6.35. The van der Waals surface area contributed by atoms with Crippen LogP contribution in [0.2, 0.25) is 10.0 Å². The summed E-state index contributed by atoms with van der Waals surface area (Å²) >= 11 is 11.8. The number of carbonyl (C=O) groups is 2. The molecule has 0 aliphatic carbocycles. The van der Waals surface area contributed by atoms with E-state index >= 15 is 0 Å². The monoisotopic (exact) mass is 422 g/mol. The smallest absolute Gasteiger partial charge is 0.257 e. The van der Waals surface area contributed by atoms with E-state index in [1.54, 1.807) is 30.2 Å². The number of ether oxygens (including phenoxy) is 2. The topological polar surface area (TPSA) is 67.9 Å². The molecule has 2 aromatic carbocycles. The summed E-state index contributed by atoms with van der Waals surface area (Å²) in [5, 5.41) is 3.64. The first-order valence-corrected chi connectivity index (χ1v) is 9.51. The first kappa shape index (κ1) is 20.3. The minimum Gasteiger partial charge on any atom is -0.497 e. The van der Waals surface area contributed by atoms with Crippen molar-refractivity contribution in [3.63, 3.8) is 0 Å². The second kappa shape index (κ2) is 9.17. The molecule has 0 radical (unpaired) electrons. The minimum absolute atomic E-state index is 0.0358. The molecular weight excluding hydrogens is 403 g/mol. The second-order valence-corrected chi connectivity index (χ2v) is 7.28. The number of rotatable bonds is 7. The van der Waals surface area contributed by atoms with Gasteiger partial charge in [0.25, 0.3) is 5.91 Å². The molecule has 0 saturated carbocycles. The van der Waals surface area contributed by atoms with Gasteiger partial charge in [0.05, 0.1) is 12.1 Å². The van der Waals surface area contributed by atoms with Gasteiger partial charge in [0.1, 0.15) is 11.5 Å². The molecule has 148 valence electrons. The number of carbonyl (C=O) groups excluding carboxylic acids is 2. The van der Waals surface area contributed by atoms with Gasteiger partial charge in [-0.05, 0) is 42.5 Å². The van der Waals surface area contributed by atoms with Crippen LogP contribution in [0.1, 0.15) is 6.42 Å². The van der Waals surface area contributed by atoms with Crippen molar-refractivity contribution in [3.05, 3.63) is 52.5 Å². The number of amides is 2. The summed E-state index contributed by atoms with van der Waals surface area (Å²) in [6.45, 7) is 0.786. The molecule has 1 unspecified atom stereocenters. The van der Waals surface area contributed by atoms with Crippen molar-refractivity contribution in [2.45, 2.75) is 6.42 Å². The van der Waals surface area contributed by atoms with Crippen molar-refractivity contribution in [1.82, 2.24) is 5.32 Å². The van der Waals surface area contributed by atoms with E-state index in [9.17, 15) is 9.59 Å². The Morgan fingerprint density at radius 2 is 1.96 bits per heavy atom. The summed E-state index contributed by atoms with van der Waals surface area (Å²) in [4.78, 5) is 26.1. The molecule has 8 heteroatoms. The van der Waals surface area contributed by atoms with Gasteiger partial charge >= 0.3 is 0 Å². The van der Waals surface area contributed by atoms with E-state index in [2.05, 4.69) is 5.32 Å². The summed E-state index contributed by atoms with van der Waals surface area (Å²) < 4.78 is 10.5. The van der Waals surface area contributed by atoms with Gasteiger partial charge in [-0.3, -0.25) is 9.59 Å². The molecule has 0 bridgehead atoms. The van der Waals surface area contributed by atoms with Crippen LogP contribution in [0.4, 0.5) is 5.69 Å². The molecule has 1 heterocycles. The molecule has 2 aromatic rings. The SMILES string of the molecule is COc1ccc(N2CC(CNC(=O)COc3ccc(Cl)cc3Cl)CC2=O)cc1. The molecule has 1 aliphatic heterocycles. The predicted molar refractivity (Wildman–Crippen MR) is 108 cm³/mol. The third-order valence-electron chi connectivity index (χ3n) is 4.43. The lowest BCUT2D eigenvalue weighted by molar-refractivity contribution is -0.123. The van der Waals surface area contributed by atoms with Crippen LogP contribution in [-0.2, 0) is 9.59 Å². The van der Waals surface area contributed by atoms with Crippen LogP contribution < -0.4 is 19.7 Å². The van der Waals surface area contributed by atoms with Gasteiger partial charge in [0, 0.05) is 36.1 Å². The highest BCUT2D eigenvalue weighted by atomic mass is 35.5. The quantitative estimate of drug-likeness (QED) is 0.740. The van der Waals surface area contributed by atoms with Crippen molar-refractivity contribution >= 4 is 40.7 Å². The van der Waals surface area contributed by atoms with Gasteiger partial charge in [-0.25, -0.2) is 0 Å². The highest BCUT2D eigenvalue weighted by Crippen LogP contribution is 2.28. The fraction of sp³-hybridized carbons (Fsp3) is 0.300. The van der Waals surface area contributed by atoms with Gasteiger partial charge in [0.2, 0.25) is 5.91 Å². The molecule has 0 aromatic heterocycles. The molecule has 28 heavy (non-hydrogen) atoms. The average Bonchev–Trinajstić information content (AvgIpc) is 3.06. The number of methoxy groups -OCH3 is 1. The molecular formula is C20H20Cl2N2O4. The number of benzene rings is 2.